The molecule has 0 spiro atoms. The van der Waals surface area contributed by atoms with Crippen LogP contribution < -0.4 is 0 Å². The Kier molecular flexibility index (Phi) is 25.1. The Morgan fingerprint density at radius 1 is 0.457 bits per heavy atom. The number of Topliss-reactive ketones (excluding diaryl/α,β-unsaturated/α-hetero) is 1. The quantitative estimate of drug-likeness (QED) is 0.136. The number of fused-ring (bicyclic) bond motifs is 2. The molecule has 12 rings (SSSR count). The van der Waals surface area contributed by atoms with Crippen LogP contribution in [0.2, 0.25) is 0 Å². The molecular weight excluding hydrogens is 981 g/mol. The molecule has 0 N–H and O–H groups in total. The zero-order valence-electron chi connectivity index (χ0n) is 51.6. The summed E-state index contributed by atoms with van der Waals surface area (Å²) in [6.45, 7) is 28.3. The molecule has 4 atom stereocenters. The van der Waals surface area contributed by atoms with E-state index in [2.05, 4.69) is 261 Å². The highest BCUT2D eigenvalue weighted by atomic mass is 16.1. The van der Waals surface area contributed by atoms with Gasteiger partial charge in [-0.05, 0) is 158 Å². The van der Waals surface area contributed by atoms with E-state index in [4.69, 9.17) is 0 Å². The Hall–Kier alpha value is -6.13. The van der Waals surface area contributed by atoms with Crippen molar-refractivity contribution in [2.75, 3.05) is 26.2 Å². The molecule has 0 bridgehead atoms. The van der Waals surface area contributed by atoms with Gasteiger partial charge in [0, 0.05) is 32.6 Å². The Labute approximate surface area is 491 Å². The van der Waals surface area contributed by atoms with Crippen LogP contribution >= 0.6 is 0 Å². The standard InChI is InChI=1S/C25H29N.C14H20.C13H14.C12H15NO.C8H10.C6H12/c1-19-7-5-8-21(15-19)17-26-14-13-22(18-26)16-20(2)24-12-6-10-23-9-3-4-11-25(23)24;1-11-4-3-5-13(8-11)10-14-7-6-12(2)9-14;1-10(2)12-9-5-7-11-6-3-4-8-13(11)12;1-10-3-2-4-11(7-10)8-13-6-5-12(14)9-13;1-7-4-3-5-8(2)6-7;1-6-4-2-3-5-6/h3-12,15,20,22H,13-14,16-18H2,1-2H3;3-5,8,12,14H,6-7,9-10H2,1-2H3;3-10H,1-2H3;2-4,7H,5-6,8-9H2,1H3;3-6H,1-2H3;6H,2-5H2,1H3/t20-,22+;;;;;/m0...../s1. The predicted octanol–water partition coefficient (Wildman–Crippen LogP) is 20.4. The van der Waals surface area contributed by atoms with Crippen LogP contribution in [0.4, 0.5) is 0 Å². The highest BCUT2D eigenvalue weighted by Gasteiger charge is 2.25. The van der Waals surface area contributed by atoms with Crippen molar-refractivity contribution in [2.45, 2.75) is 165 Å². The molecule has 8 aromatic carbocycles. The number of ketones is 1. The average Bonchev–Trinajstić information content (AvgIpc) is 4.31. The van der Waals surface area contributed by atoms with Gasteiger partial charge < -0.3 is 0 Å². The molecule has 3 nitrogen and oxygen atoms in total. The topological polar surface area (TPSA) is 23.6 Å². The summed E-state index contributed by atoms with van der Waals surface area (Å²) in [5.41, 5.74) is 14.0. The molecule has 4 fully saturated rings. The lowest BCUT2D eigenvalue weighted by molar-refractivity contribution is -0.116. The molecule has 81 heavy (non-hydrogen) atoms. The number of rotatable bonds is 10. The minimum Gasteiger partial charge on any atom is -0.299 e. The Morgan fingerprint density at radius 2 is 0.938 bits per heavy atom. The van der Waals surface area contributed by atoms with Crippen molar-refractivity contribution in [3.63, 3.8) is 0 Å². The third kappa shape index (κ3) is 21.3. The van der Waals surface area contributed by atoms with E-state index in [-0.39, 0.29) is 0 Å². The van der Waals surface area contributed by atoms with E-state index in [1.165, 1.54) is 154 Å². The second-order valence-corrected chi connectivity index (χ2v) is 25.3. The number of aryl methyl sites for hydroxylation is 5. The van der Waals surface area contributed by atoms with Crippen molar-refractivity contribution in [2.24, 2.45) is 23.7 Å². The van der Waals surface area contributed by atoms with Gasteiger partial charge in [0.25, 0.3) is 0 Å². The van der Waals surface area contributed by atoms with Crippen LogP contribution in [0.3, 0.4) is 0 Å². The van der Waals surface area contributed by atoms with Gasteiger partial charge in [-0.2, -0.15) is 0 Å². The van der Waals surface area contributed by atoms with Crippen LogP contribution in [0.1, 0.15) is 166 Å². The van der Waals surface area contributed by atoms with Gasteiger partial charge in [-0.15, -0.1) is 0 Å². The van der Waals surface area contributed by atoms with Crippen LogP contribution in [0.15, 0.2) is 182 Å². The van der Waals surface area contributed by atoms with Gasteiger partial charge in [-0.1, -0.05) is 277 Å². The van der Waals surface area contributed by atoms with Crippen molar-refractivity contribution < 1.29 is 4.79 Å². The average molecular weight is 1080 g/mol. The summed E-state index contributed by atoms with van der Waals surface area (Å²) in [6.07, 6.45) is 14.9. The van der Waals surface area contributed by atoms with E-state index in [9.17, 15) is 4.79 Å². The number of nitrogens with zero attached hydrogens (tertiary/aromatic N) is 2. The van der Waals surface area contributed by atoms with Gasteiger partial charge >= 0.3 is 0 Å². The summed E-state index contributed by atoms with van der Waals surface area (Å²) >= 11 is 0. The Balaban J connectivity index is 0.000000149. The van der Waals surface area contributed by atoms with Gasteiger partial charge in [0.1, 0.15) is 5.78 Å². The van der Waals surface area contributed by atoms with E-state index in [0.29, 0.717) is 24.2 Å². The summed E-state index contributed by atoms with van der Waals surface area (Å²) in [4.78, 5) is 15.9. The maximum atomic E-state index is 11.1. The smallest absolute Gasteiger partial charge is 0.148 e. The largest absolute Gasteiger partial charge is 0.299 e. The predicted molar refractivity (Wildman–Crippen MR) is 351 cm³/mol. The molecule has 2 unspecified atom stereocenters. The van der Waals surface area contributed by atoms with Gasteiger partial charge in [-0.3, -0.25) is 14.6 Å². The minimum absolute atomic E-state index is 0.373. The third-order valence-corrected chi connectivity index (χ3v) is 17.2. The van der Waals surface area contributed by atoms with Crippen LogP contribution in [0, 0.1) is 58.3 Å². The first-order valence-corrected chi connectivity index (χ1v) is 31.3. The van der Waals surface area contributed by atoms with Crippen molar-refractivity contribution >= 4 is 27.3 Å². The highest BCUT2D eigenvalue weighted by Crippen LogP contribution is 2.35. The molecule has 2 aliphatic heterocycles. The molecule has 2 heterocycles. The summed E-state index contributed by atoms with van der Waals surface area (Å²) in [5.74, 6) is 5.36. The Bertz CT molecular complexity index is 3110. The fraction of sp³-hybridized carbons (Fsp3) is 0.423. The fourth-order valence-corrected chi connectivity index (χ4v) is 12.9. The summed E-state index contributed by atoms with van der Waals surface area (Å²) in [6, 6.07) is 65.5. The SMILES string of the molecule is CC(C)c1cccc2ccccc12.CC1CCCC1.Cc1cccc(C)c1.Cc1cccc(CC2CCC(C)C2)c1.Cc1cccc(CN2CCC(=O)C2)c1.Cc1cccc(CN2CC[C@H](C[C@H](C)c3cccc4ccccc34)C2)c1. The third-order valence-electron chi connectivity index (χ3n) is 17.2. The molecular formula is C78H100N2O. The molecule has 428 valence electrons. The van der Waals surface area contributed by atoms with Crippen molar-refractivity contribution in [1.29, 1.82) is 0 Å². The number of carbonyl (C=O) groups is 1. The molecule has 2 saturated carbocycles. The van der Waals surface area contributed by atoms with E-state index >= 15 is 0 Å². The first-order valence-electron chi connectivity index (χ1n) is 31.3. The monoisotopic (exact) mass is 1080 g/mol. The first-order chi connectivity index (χ1) is 39.1. The highest BCUT2D eigenvalue weighted by molar-refractivity contribution is 5.87. The normalized spacial score (nSPS) is 18.4. The summed E-state index contributed by atoms with van der Waals surface area (Å²) in [7, 11) is 0. The maximum Gasteiger partial charge on any atom is 0.148 e. The second-order valence-electron chi connectivity index (χ2n) is 25.3. The first kappa shape index (κ1) is 62.5. The van der Waals surface area contributed by atoms with Crippen LogP contribution in [0.25, 0.3) is 21.5 Å². The lowest BCUT2D eigenvalue weighted by Gasteiger charge is -2.20. The van der Waals surface area contributed by atoms with E-state index < -0.39 is 0 Å². The molecule has 8 aromatic rings. The molecule has 0 radical (unpaired) electrons. The second kappa shape index (κ2) is 32.5. The number of benzene rings is 8. The minimum atomic E-state index is 0.373. The zero-order valence-corrected chi connectivity index (χ0v) is 51.6. The van der Waals surface area contributed by atoms with Gasteiger partial charge in [0.05, 0.1) is 6.54 Å². The number of carbonyl (C=O) groups excluding carboxylic acids is 1. The Morgan fingerprint density at radius 3 is 1.42 bits per heavy atom. The maximum absolute atomic E-state index is 11.1. The summed E-state index contributed by atoms with van der Waals surface area (Å²) < 4.78 is 0. The molecule has 0 amide bonds. The molecule has 4 aliphatic rings. The van der Waals surface area contributed by atoms with E-state index in [0.717, 1.165) is 49.7 Å². The van der Waals surface area contributed by atoms with Crippen molar-refractivity contribution in [1.82, 2.24) is 9.80 Å². The van der Waals surface area contributed by atoms with Crippen LogP contribution in [-0.4, -0.2) is 41.8 Å². The zero-order chi connectivity index (χ0) is 57.5. The molecule has 2 saturated heterocycles. The van der Waals surface area contributed by atoms with Crippen molar-refractivity contribution in [3.8, 4) is 0 Å². The van der Waals surface area contributed by atoms with Crippen LogP contribution in [-0.2, 0) is 24.3 Å². The van der Waals surface area contributed by atoms with Gasteiger partial charge in [-0.25, -0.2) is 0 Å². The van der Waals surface area contributed by atoms with E-state index in [1.54, 1.807) is 0 Å². The van der Waals surface area contributed by atoms with Gasteiger partial charge in [0.2, 0.25) is 0 Å². The number of likely N-dealkylation sites (tertiary alicyclic amines) is 2. The molecule has 2 aliphatic carbocycles. The number of hydrogen-bond acceptors (Lipinski definition) is 3. The molecule has 0 aromatic heterocycles. The van der Waals surface area contributed by atoms with E-state index in [1.807, 2.05) is 0 Å². The lowest BCUT2D eigenvalue weighted by atomic mass is 9.87. The fourth-order valence-electron chi connectivity index (χ4n) is 12.9. The summed E-state index contributed by atoms with van der Waals surface area (Å²) in [5, 5.41) is 5.52. The van der Waals surface area contributed by atoms with Gasteiger partial charge in [0.15, 0.2) is 0 Å². The van der Waals surface area contributed by atoms with Crippen molar-refractivity contribution in [3.05, 3.63) is 238 Å². The number of hydrogen-bond donors (Lipinski definition) is 0. The van der Waals surface area contributed by atoms with Crippen LogP contribution in [0.5, 0.6) is 0 Å². The molecule has 3 heteroatoms. The lowest BCUT2D eigenvalue weighted by Crippen LogP contribution is -2.20.